The molecule has 1 atom stereocenters. The Morgan fingerprint density at radius 3 is 2.28 bits per heavy atom. The van der Waals surface area contributed by atoms with E-state index in [1.165, 1.54) is 26.4 Å². The lowest BCUT2D eigenvalue weighted by Crippen LogP contribution is -2.30. The number of hydrogen-bond donors (Lipinski definition) is 0. The molecule has 2 aromatic rings. The van der Waals surface area contributed by atoms with Crippen LogP contribution in [0, 0.1) is 0 Å². The van der Waals surface area contributed by atoms with Crippen LogP contribution in [0.3, 0.4) is 0 Å². The molecule has 1 saturated carbocycles. The molecular weight excluding hydrogens is 414 g/mol. The first kappa shape index (κ1) is 21.5. The van der Waals surface area contributed by atoms with Crippen molar-refractivity contribution >= 4 is 23.6 Å². The van der Waals surface area contributed by atoms with Crippen molar-refractivity contribution < 1.29 is 33.4 Å². The number of fused-ring (bicyclic) bond motifs is 1. The highest BCUT2D eigenvalue weighted by Crippen LogP contribution is 2.35. The third-order valence-electron chi connectivity index (χ3n) is 5.75. The van der Waals surface area contributed by atoms with Crippen molar-refractivity contribution in [3.05, 3.63) is 58.7 Å². The van der Waals surface area contributed by atoms with E-state index in [-0.39, 0.29) is 23.6 Å². The fraction of sp³-hybridized carbons (Fsp3) is 0.333. The van der Waals surface area contributed by atoms with Gasteiger partial charge in [-0.2, -0.15) is 0 Å². The van der Waals surface area contributed by atoms with Crippen molar-refractivity contribution in [2.45, 2.75) is 38.3 Å². The van der Waals surface area contributed by atoms with Crippen molar-refractivity contribution in [3.8, 4) is 11.5 Å². The van der Waals surface area contributed by atoms with Crippen LogP contribution in [0.4, 0.5) is 0 Å². The van der Waals surface area contributed by atoms with E-state index in [1.54, 1.807) is 24.3 Å². The van der Waals surface area contributed by atoms with Crippen molar-refractivity contribution in [2.24, 2.45) is 0 Å². The molecule has 2 aliphatic rings. The van der Waals surface area contributed by atoms with Crippen LogP contribution < -0.4 is 9.47 Å². The average Bonchev–Trinajstić information content (AvgIpc) is 3.05. The molecule has 0 saturated heterocycles. The fourth-order valence-electron chi connectivity index (χ4n) is 4.10. The first-order chi connectivity index (χ1) is 15.4. The molecule has 1 heterocycles. The number of ketones is 1. The molecule has 32 heavy (non-hydrogen) atoms. The number of Topliss-reactive ketones (excluding diaryl/α,β-unsaturated/α-hetero) is 1. The maximum Gasteiger partial charge on any atom is 0.338 e. The summed E-state index contributed by atoms with van der Waals surface area (Å²) in [5.41, 5.74) is 1.21. The minimum Gasteiger partial charge on any atom is -0.493 e. The van der Waals surface area contributed by atoms with Crippen LogP contribution in [0.5, 0.6) is 11.5 Å². The van der Waals surface area contributed by atoms with Crippen LogP contribution in [-0.2, 0) is 16.1 Å². The summed E-state index contributed by atoms with van der Waals surface area (Å²) in [4.78, 5) is 51.5. The van der Waals surface area contributed by atoms with Gasteiger partial charge in [0.2, 0.25) is 0 Å². The molecule has 1 fully saturated rings. The highest BCUT2D eigenvalue weighted by molar-refractivity contribution is 6.21. The van der Waals surface area contributed by atoms with Crippen molar-refractivity contribution in [2.75, 3.05) is 14.2 Å². The number of imide groups is 1. The summed E-state index contributed by atoms with van der Waals surface area (Å²) >= 11 is 0. The van der Waals surface area contributed by atoms with Crippen LogP contribution >= 0.6 is 0 Å². The van der Waals surface area contributed by atoms with E-state index in [1.807, 2.05) is 0 Å². The third-order valence-corrected chi connectivity index (χ3v) is 5.75. The predicted octanol–water partition coefficient (Wildman–Crippen LogP) is 3.17. The summed E-state index contributed by atoms with van der Waals surface area (Å²) in [6, 6.07) is 9.55. The Kier molecular flexibility index (Phi) is 5.94. The molecule has 2 amide bonds. The number of ether oxygens (including phenoxy) is 3. The van der Waals surface area contributed by atoms with Gasteiger partial charge in [-0.3, -0.25) is 19.3 Å². The van der Waals surface area contributed by atoms with Gasteiger partial charge in [0, 0.05) is 12.0 Å². The van der Waals surface area contributed by atoms with Crippen LogP contribution in [0.25, 0.3) is 0 Å². The summed E-state index contributed by atoms with van der Waals surface area (Å²) in [5.74, 6) is -1.05. The number of nitrogens with zero attached hydrogens (tertiary/aromatic N) is 1. The number of carbonyl (C=O) groups excluding carboxylic acids is 4. The number of amides is 2. The van der Waals surface area contributed by atoms with Crippen LogP contribution in [0.15, 0.2) is 36.4 Å². The second-order valence-electron chi connectivity index (χ2n) is 7.72. The molecule has 0 spiro atoms. The predicted molar refractivity (Wildman–Crippen MR) is 113 cm³/mol. The molecule has 4 rings (SSSR count). The number of esters is 1. The van der Waals surface area contributed by atoms with Crippen molar-refractivity contribution in [1.29, 1.82) is 0 Å². The SMILES string of the molecule is COc1cc(C(=O)O[C@H]2CCCCC2=O)cc(CN2C(=O)c3ccccc3C2=O)c1OC. The molecule has 1 aliphatic carbocycles. The van der Waals surface area contributed by atoms with Crippen molar-refractivity contribution in [3.63, 3.8) is 0 Å². The maximum absolute atomic E-state index is 12.8. The number of carbonyl (C=O) groups is 4. The number of benzene rings is 2. The minimum atomic E-state index is -0.760. The smallest absolute Gasteiger partial charge is 0.338 e. The Labute approximate surface area is 185 Å². The van der Waals surface area contributed by atoms with Crippen LogP contribution in [0.1, 0.15) is 62.3 Å². The third kappa shape index (κ3) is 3.84. The fourth-order valence-corrected chi connectivity index (χ4v) is 4.10. The highest BCUT2D eigenvalue weighted by atomic mass is 16.5. The zero-order valence-electron chi connectivity index (χ0n) is 17.9. The molecule has 1 aliphatic heterocycles. The zero-order valence-corrected chi connectivity index (χ0v) is 17.9. The Morgan fingerprint density at radius 1 is 1.00 bits per heavy atom. The standard InChI is InChI=1S/C24H23NO7/c1-30-20-12-14(24(29)32-19-10-6-5-9-18(19)26)11-15(21(20)31-2)13-25-22(27)16-7-3-4-8-17(16)23(25)28/h3-4,7-8,11-12,19H,5-6,9-10,13H2,1-2H3/t19-/m0/s1. The van der Waals surface area contributed by atoms with Gasteiger partial charge >= 0.3 is 5.97 Å². The lowest BCUT2D eigenvalue weighted by Gasteiger charge is -2.22. The van der Waals surface area contributed by atoms with E-state index in [2.05, 4.69) is 0 Å². The molecule has 0 N–H and O–H groups in total. The van der Waals surface area contributed by atoms with E-state index in [9.17, 15) is 19.2 Å². The van der Waals surface area contributed by atoms with Gasteiger partial charge in [-0.05, 0) is 43.5 Å². The first-order valence-corrected chi connectivity index (χ1v) is 10.4. The largest absolute Gasteiger partial charge is 0.493 e. The van der Waals surface area contributed by atoms with Gasteiger partial charge in [0.15, 0.2) is 23.4 Å². The van der Waals surface area contributed by atoms with Gasteiger partial charge in [0.05, 0.1) is 37.5 Å². The number of rotatable bonds is 6. The molecular formula is C24H23NO7. The average molecular weight is 437 g/mol. The van der Waals surface area contributed by atoms with Gasteiger partial charge in [-0.25, -0.2) is 4.79 Å². The summed E-state index contributed by atoms with van der Waals surface area (Å²) in [6.07, 6.45) is 1.76. The second kappa shape index (κ2) is 8.82. The number of hydrogen-bond acceptors (Lipinski definition) is 7. The van der Waals surface area contributed by atoms with Gasteiger partial charge < -0.3 is 14.2 Å². The molecule has 2 aromatic carbocycles. The van der Waals surface area contributed by atoms with Gasteiger partial charge in [-0.1, -0.05) is 12.1 Å². The van der Waals surface area contributed by atoms with Crippen LogP contribution in [-0.4, -0.2) is 48.8 Å². The Balaban J connectivity index is 1.64. The molecule has 0 bridgehead atoms. The quantitative estimate of drug-likeness (QED) is 0.506. The zero-order chi connectivity index (χ0) is 22.8. The monoisotopic (exact) mass is 437 g/mol. The Hall–Kier alpha value is -3.68. The Morgan fingerprint density at radius 2 is 1.69 bits per heavy atom. The highest BCUT2D eigenvalue weighted by Gasteiger charge is 2.36. The van der Waals surface area contributed by atoms with Crippen molar-refractivity contribution in [1.82, 2.24) is 4.90 Å². The first-order valence-electron chi connectivity index (χ1n) is 10.4. The topological polar surface area (TPSA) is 99.2 Å². The molecule has 0 radical (unpaired) electrons. The van der Waals surface area contributed by atoms with Gasteiger partial charge in [0.25, 0.3) is 11.8 Å². The lowest BCUT2D eigenvalue weighted by molar-refractivity contribution is -0.129. The summed E-state index contributed by atoms with van der Waals surface area (Å²) in [5, 5.41) is 0. The van der Waals surface area contributed by atoms with E-state index >= 15 is 0 Å². The number of methoxy groups -OCH3 is 2. The molecule has 8 heteroatoms. The second-order valence-corrected chi connectivity index (χ2v) is 7.72. The van der Waals surface area contributed by atoms with E-state index in [4.69, 9.17) is 14.2 Å². The van der Waals surface area contributed by atoms with Gasteiger partial charge in [0.1, 0.15) is 0 Å². The molecule has 0 unspecified atom stereocenters. The van der Waals surface area contributed by atoms with E-state index in [0.29, 0.717) is 35.3 Å². The van der Waals surface area contributed by atoms with E-state index in [0.717, 1.165) is 17.7 Å². The normalized spacial score (nSPS) is 17.9. The van der Waals surface area contributed by atoms with Gasteiger partial charge in [-0.15, -0.1) is 0 Å². The Bertz CT molecular complexity index is 1070. The minimum absolute atomic E-state index is 0.0867. The summed E-state index contributed by atoms with van der Waals surface area (Å²) < 4.78 is 16.3. The summed E-state index contributed by atoms with van der Waals surface area (Å²) in [7, 11) is 2.85. The maximum atomic E-state index is 12.8. The summed E-state index contributed by atoms with van der Waals surface area (Å²) in [6.45, 7) is -0.116. The molecule has 8 nitrogen and oxygen atoms in total. The molecule has 0 aromatic heterocycles. The lowest BCUT2D eigenvalue weighted by atomic mass is 9.96. The van der Waals surface area contributed by atoms with Crippen LogP contribution in [0.2, 0.25) is 0 Å². The molecule has 166 valence electrons. The van der Waals surface area contributed by atoms with E-state index < -0.39 is 23.9 Å².